The Labute approximate surface area is 198 Å². The maximum atomic E-state index is 12.4. The van der Waals surface area contributed by atoms with Crippen molar-refractivity contribution in [3.05, 3.63) is 64.8 Å². The predicted octanol–water partition coefficient (Wildman–Crippen LogP) is 4.33. The summed E-state index contributed by atoms with van der Waals surface area (Å²) in [6.07, 6.45) is 3.72. The van der Waals surface area contributed by atoms with Crippen molar-refractivity contribution in [2.24, 2.45) is 0 Å². The van der Waals surface area contributed by atoms with Gasteiger partial charge in [-0.3, -0.25) is 19.5 Å². The van der Waals surface area contributed by atoms with Gasteiger partial charge in [0, 0.05) is 55.0 Å². The zero-order valence-electron chi connectivity index (χ0n) is 18.8. The molecule has 6 nitrogen and oxygen atoms in total. The van der Waals surface area contributed by atoms with Crippen LogP contribution in [0, 0.1) is 6.92 Å². The number of nitrogens with zero attached hydrogens (tertiary/aromatic N) is 4. The van der Waals surface area contributed by atoms with Crippen molar-refractivity contribution in [2.45, 2.75) is 19.8 Å². The fraction of sp³-hybridized carbons (Fsp3) is 0.346. The molecule has 3 heterocycles. The molecular weight excluding hydrogens is 436 g/mol. The second-order valence-electron chi connectivity index (χ2n) is 8.83. The number of halogens is 1. The van der Waals surface area contributed by atoms with Gasteiger partial charge >= 0.3 is 0 Å². The third-order valence-electron chi connectivity index (χ3n) is 6.63. The zero-order chi connectivity index (χ0) is 22.9. The third kappa shape index (κ3) is 4.33. The number of benzene rings is 2. The average molecular weight is 463 g/mol. The highest BCUT2D eigenvalue weighted by Crippen LogP contribution is 2.30. The van der Waals surface area contributed by atoms with Crippen LogP contribution in [0.4, 0.5) is 11.4 Å². The number of hydrogen-bond donors (Lipinski definition) is 0. The summed E-state index contributed by atoms with van der Waals surface area (Å²) in [6.45, 7) is 7.46. The number of carbonyl (C=O) groups excluding carboxylic acids is 2. The fourth-order valence-electron chi connectivity index (χ4n) is 4.84. The Morgan fingerprint density at radius 2 is 1.70 bits per heavy atom. The summed E-state index contributed by atoms with van der Waals surface area (Å²) >= 11 is 6.13. The van der Waals surface area contributed by atoms with Crippen molar-refractivity contribution >= 4 is 45.6 Å². The van der Waals surface area contributed by atoms with Crippen molar-refractivity contribution in [2.75, 3.05) is 49.1 Å². The summed E-state index contributed by atoms with van der Waals surface area (Å²) in [6, 6.07) is 13.6. The molecular formula is C26H27ClN4O2. The Balaban J connectivity index is 1.12. The number of Topliss-reactive ketones (excluding diaryl/α,β-unsaturated/α-hetero) is 1. The first-order chi connectivity index (χ1) is 16.0. The largest absolute Gasteiger partial charge is 0.368 e. The lowest BCUT2D eigenvalue weighted by Gasteiger charge is -2.36. The number of rotatable bonds is 6. The number of unbranched alkanes of at least 4 members (excludes halogenated alkanes) is 1. The lowest BCUT2D eigenvalue weighted by molar-refractivity contribution is -0.114. The number of hydrogen-bond acceptors (Lipinski definition) is 5. The van der Waals surface area contributed by atoms with E-state index in [1.807, 2.05) is 43.5 Å². The second-order valence-corrected chi connectivity index (χ2v) is 9.27. The lowest BCUT2D eigenvalue weighted by Crippen LogP contribution is -2.46. The molecule has 7 heteroatoms. The molecule has 170 valence electrons. The Bertz CT molecular complexity index is 1220. The van der Waals surface area contributed by atoms with Crippen LogP contribution in [0.15, 0.2) is 48.7 Å². The van der Waals surface area contributed by atoms with Gasteiger partial charge in [-0.05, 0) is 62.7 Å². The highest BCUT2D eigenvalue weighted by Gasteiger charge is 2.35. The van der Waals surface area contributed by atoms with Gasteiger partial charge in [-0.1, -0.05) is 23.2 Å². The molecule has 2 aliphatic rings. The van der Waals surface area contributed by atoms with E-state index in [9.17, 15) is 9.59 Å². The number of fused-ring (bicyclic) bond motifs is 2. The van der Waals surface area contributed by atoms with Crippen LogP contribution in [0.1, 0.15) is 28.8 Å². The first-order valence-electron chi connectivity index (χ1n) is 11.5. The Kier molecular flexibility index (Phi) is 6.04. The molecule has 0 atom stereocenters. The van der Waals surface area contributed by atoms with Gasteiger partial charge in [0.15, 0.2) is 0 Å². The molecule has 0 radical (unpaired) electrons. The maximum absolute atomic E-state index is 12.4. The van der Waals surface area contributed by atoms with E-state index >= 15 is 0 Å². The molecule has 0 unspecified atom stereocenters. The minimum Gasteiger partial charge on any atom is -0.368 e. The smallest absolute Gasteiger partial charge is 0.299 e. The van der Waals surface area contributed by atoms with Crippen molar-refractivity contribution in [1.29, 1.82) is 0 Å². The zero-order valence-corrected chi connectivity index (χ0v) is 19.5. The number of piperazine rings is 1. The molecule has 0 saturated carbocycles. The molecule has 0 N–H and O–H groups in total. The van der Waals surface area contributed by atoms with Gasteiger partial charge in [0.05, 0.1) is 16.8 Å². The van der Waals surface area contributed by atoms with E-state index in [-0.39, 0.29) is 5.78 Å². The highest BCUT2D eigenvalue weighted by molar-refractivity contribution is 6.52. The molecule has 1 aromatic heterocycles. The highest BCUT2D eigenvalue weighted by atomic mass is 35.5. The number of anilines is 2. The summed E-state index contributed by atoms with van der Waals surface area (Å²) in [5, 5.41) is 1.84. The number of ketones is 1. The topological polar surface area (TPSA) is 56.8 Å². The number of amides is 1. The molecule has 0 spiro atoms. The summed E-state index contributed by atoms with van der Waals surface area (Å²) in [4.78, 5) is 35.7. The van der Waals surface area contributed by atoms with E-state index in [4.69, 9.17) is 11.6 Å². The van der Waals surface area contributed by atoms with Crippen LogP contribution in [0.25, 0.3) is 10.9 Å². The van der Waals surface area contributed by atoms with Gasteiger partial charge < -0.3 is 9.80 Å². The van der Waals surface area contributed by atoms with Crippen LogP contribution in [0.5, 0.6) is 0 Å². The minimum absolute atomic E-state index is 0.379. The number of pyridine rings is 1. The van der Waals surface area contributed by atoms with Crippen molar-refractivity contribution in [3.63, 3.8) is 0 Å². The van der Waals surface area contributed by atoms with Gasteiger partial charge in [-0.25, -0.2) is 0 Å². The second kappa shape index (κ2) is 9.12. The van der Waals surface area contributed by atoms with E-state index in [1.54, 1.807) is 4.90 Å². The molecule has 2 aliphatic heterocycles. The van der Waals surface area contributed by atoms with E-state index in [2.05, 4.69) is 26.9 Å². The van der Waals surface area contributed by atoms with Crippen molar-refractivity contribution in [1.82, 2.24) is 9.88 Å². The Morgan fingerprint density at radius 1 is 0.909 bits per heavy atom. The maximum Gasteiger partial charge on any atom is 0.299 e. The molecule has 3 aromatic rings. The average Bonchev–Trinajstić information content (AvgIpc) is 3.06. The van der Waals surface area contributed by atoms with Crippen LogP contribution < -0.4 is 9.80 Å². The molecule has 0 bridgehead atoms. The standard InChI is InChI=1S/C26H27ClN4O2/c1-18-4-7-24-21(16-18)25(32)26(33)31(24)11-3-2-10-29-12-14-30(15-13-29)23-8-9-28-22-17-19(27)5-6-20(22)23/h4-9,16-17H,2-3,10-15H2,1H3. The van der Waals surface area contributed by atoms with E-state index in [0.29, 0.717) is 17.1 Å². The Morgan fingerprint density at radius 3 is 2.52 bits per heavy atom. The number of aryl methyl sites for hydroxylation is 1. The first kappa shape index (κ1) is 21.9. The summed E-state index contributed by atoms with van der Waals surface area (Å²) < 4.78 is 0. The van der Waals surface area contributed by atoms with Crippen LogP contribution >= 0.6 is 11.6 Å². The molecule has 0 aliphatic carbocycles. The fourth-order valence-corrected chi connectivity index (χ4v) is 5.00. The molecule has 1 amide bonds. The van der Waals surface area contributed by atoms with Gasteiger partial charge in [-0.15, -0.1) is 0 Å². The van der Waals surface area contributed by atoms with Crippen LogP contribution in [0.2, 0.25) is 5.02 Å². The quantitative estimate of drug-likeness (QED) is 0.403. The number of aromatic nitrogens is 1. The van der Waals surface area contributed by atoms with Crippen LogP contribution in [-0.2, 0) is 4.79 Å². The van der Waals surface area contributed by atoms with E-state index < -0.39 is 5.91 Å². The van der Waals surface area contributed by atoms with Crippen molar-refractivity contribution in [3.8, 4) is 0 Å². The summed E-state index contributed by atoms with van der Waals surface area (Å²) in [7, 11) is 0. The van der Waals surface area contributed by atoms with Gasteiger partial charge in [-0.2, -0.15) is 0 Å². The van der Waals surface area contributed by atoms with E-state index in [1.165, 1.54) is 5.69 Å². The molecule has 33 heavy (non-hydrogen) atoms. The molecule has 1 fully saturated rings. The van der Waals surface area contributed by atoms with Crippen molar-refractivity contribution < 1.29 is 9.59 Å². The van der Waals surface area contributed by atoms with Gasteiger partial charge in [0.2, 0.25) is 0 Å². The first-order valence-corrected chi connectivity index (χ1v) is 11.9. The van der Waals surface area contributed by atoms with E-state index in [0.717, 1.165) is 67.7 Å². The van der Waals surface area contributed by atoms with Gasteiger partial charge in [0.25, 0.3) is 11.7 Å². The van der Waals surface area contributed by atoms with Crippen LogP contribution in [0.3, 0.4) is 0 Å². The Hall–Kier alpha value is -2.96. The summed E-state index contributed by atoms with van der Waals surface area (Å²) in [5.41, 5.74) is 4.44. The predicted molar refractivity (Wildman–Crippen MR) is 133 cm³/mol. The molecule has 5 rings (SSSR count). The third-order valence-corrected chi connectivity index (χ3v) is 6.86. The monoisotopic (exact) mass is 462 g/mol. The van der Waals surface area contributed by atoms with Crippen LogP contribution in [-0.4, -0.2) is 60.8 Å². The lowest BCUT2D eigenvalue weighted by atomic mass is 10.1. The molecule has 2 aromatic carbocycles. The summed E-state index contributed by atoms with van der Waals surface area (Å²) in [5.74, 6) is -0.772. The number of carbonyl (C=O) groups is 2. The molecule has 1 saturated heterocycles. The van der Waals surface area contributed by atoms with Gasteiger partial charge in [0.1, 0.15) is 0 Å². The normalized spacial score (nSPS) is 16.7. The minimum atomic E-state index is -0.393. The SMILES string of the molecule is Cc1ccc2c(c1)C(=O)C(=O)N2CCCCN1CCN(c2ccnc3cc(Cl)ccc23)CC1.